The number of hydrogen-bond acceptors (Lipinski definition) is 6. The van der Waals surface area contributed by atoms with E-state index >= 15 is 0 Å². The highest BCUT2D eigenvalue weighted by Gasteiger charge is 2.36. The number of aromatic nitrogens is 1. The Hall–Kier alpha value is -2.39. The van der Waals surface area contributed by atoms with Crippen LogP contribution in [0.15, 0.2) is 35.7 Å². The van der Waals surface area contributed by atoms with E-state index in [0.29, 0.717) is 18.1 Å². The molecule has 29 heavy (non-hydrogen) atoms. The first-order valence-corrected chi connectivity index (χ1v) is 11.6. The molecule has 3 amide bonds. The van der Waals surface area contributed by atoms with Gasteiger partial charge >= 0.3 is 0 Å². The highest BCUT2D eigenvalue weighted by molar-refractivity contribution is 7.98. The molecule has 1 aliphatic rings. The van der Waals surface area contributed by atoms with E-state index in [1.807, 2.05) is 48.9 Å². The first-order chi connectivity index (χ1) is 14.0. The summed E-state index contributed by atoms with van der Waals surface area (Å²) in [6.07, 6.45) is 2.60. The molecule has 2 heterocycles. The van der Waals surface area contributed by atoms with Crippen LogP contribution in [-0.2, 0) is 14.4 Å². The van der Waals surface area contributed by atoms with Crippen molar-refractivity contribution in [3.63, 3.8) is 0 Å². The van der Waals surface area contributed by atoms with Crippen LogP contribution in [0.3, 0.4) is 0 Å². The summed E-state index contributed by atoms with van der Waals surface area (Å²) in [7, 11) is 0. The fraction of sp³-hybridized carbons (Fsp3) is 0.400. The number of aryl methyl sites for hydroxylation is 1. The zero-order valence-corrected chi connectivity index (χ0v) is 18.0. The molecular formula is C20H24N4O3S2. The Morgan fingerprint density at radius 3 is 2.76 bits per heavy atom. The van der Waals surface area contributed by atoms with Gasteiger partial charge in [0.25, 0.3) is 0 Å². The molecule has 9 heteroatoms. The average molecular weight is 433 g/mol. The van der Waals surface area contributed by atoms with Crippen molar-refractivity contribution in [1.29, 1.82) is 0 Å². The number of rotatable bonds is 8. The Morgan fingerprint density at radius 2 is 2.10 bits per heavy atom. The molecule has 154 valence electrons. The van der Waals surface area contributed by atoms with Crippen LogP contribution < -0.4 is 15.5 Å². The van der Waals surface area contributed by atoms with Crippen LogP contribution in [0.4, 0.5) is 10.8 Å². The lowest BCUT2D eigenvalue weighted by Crippen LogP contribution is -2.46. The molecular weight excluding hydrogens is 408 g/mol. The minimum atomic E-state index is -0.667. The Kier molecular flexibility index (Phi) is 7.27. The van der Waals surface area contributed by atoms with E-state index in [4.69, 9.17) is 0 Å². The summed E-state index contributed by atoms with van der Waals surface area (Å²) in [4.78, 5) is 43.7. The SMILES string of the molecule is CSCC[C@@H](NC(=O)[C@H]1CC(=O)N(c2ccccc2)C1)C(=O)Nc1nc(C)cs1. The molecule has 1 saturated heterocycles. The molecule has 0 spiro atoms. The molecule has 0 saturated carbocycles. The lowest BCUT2D eigenvalue weighted by atomic mass is 10.1. The van der Waals surface area contributed by atoms with Gasteiger partial charge in [-0.05, 0) is 37.5 Å². The third-order valence-corrected chi connectivity index (χ3v) is 6.18. The van der Waals surface area contributed by atoms with Crippen molar-refractivity contribution in [2.24, 2.45) is 5.92 Å². The smallest absolute Gasteiger partial charge is 0.248 e. The standard InChI is InChI=1S/C20H24N4O3S2/c1-13-12-29-20(21-13)23-19(27)16(8-9-28-2)22-18(26)14-10-17(25)24(11-14)15-6-4-3-5-7-15/h3-7,12,14,16H,8-11H2,1-2H3,(H,22,26)(H,21,23,27)/t14-,16+/m0/s1. The van der Waals surface area contributed by atoms with Crippen LogP contribution in [0.5, 0.6) is 0 Å². The summed E-state index contributed by atoms with van der Waals surface area (Å²) in [6, 6.07) is 8.64. The van der Waals surface area contributed by atoms with Gasteiger partial charge in [-0.2, -0.15) is 11.8 Å². The highest BCUT2D eigenvalue weighted by Crippen LogP contribution is 2.25. The predicted molar refractivity (Wildman–Crippen MR) is 117 cm³/mol. The van der Waals surface area contributed by atoms with Crippen molar-refractivity contribution in [3.8, 4) is 0 Å². The zero-order chi connectivity index (χ0) is 20.8. The number of nitrogens with zero attached hydrogens (tertiary/aromatic N) is 2. The predicted octanol–water partition coefficient (Wildman–Crippen LogP) is 2.68. The molecule has 0 unspecified atom stereocenters. The number of thioether (sulfide) groups is 1. The molecule has 2 aromatic rings. The molecule has 1 aliphatic heterocycles. The number of anilines is 2. The van der Waals surface area contributed by atoms with E-state index in [2.05, 4.69) is 15.6 Å². The van der Waals surface area contributed by atoms with Crippen molar-refractivity contribution in [2.75, 3.05) is 28.8 Å². The summed E-state index contributed by atoms with van der Waals surface area (Å²) < 4.78 is 0. The Bertz CT molecular complexity index is 872. The third-order valence-electron chi connectivity index (χ3n) is 4.66. The summed E-state index contributed by atoms with van der Waals surface area (Å²) in [5.74, 6) is -0.386. The second kappa shape index (κ2) is 9.89. The number of hydrogen-bond donors (Lipinski definition) is 2. The molecule has 2 N–H and O–H groups in total. The number of carbonyl (C=O) groups excluding carboxylic acids is 3. The summed E-state index contributed by atoms with van der Waals surface area (Å²) in [5, 5.41) is 8.00. The van der Waals surface area contributed by atoms with Crippen molar-refractivity contribution < 1.29 is 14.4 Å². The third kappa shape index (κ3) is 5.57. The van der Waals surface area contributed by atoms with E-state index in [1.54, 1.807) is 16.7 Å². The largest absolute Gasteiger partial charge is 0.344 e. The zero-order valence-electron chi connectivity index (χ0n) is 16.4. The van der Waals surface area contributed by atoms with Crippen molar-refractivity contribution in [3.05, 3.63) is 41.4 Å². The molecule has 0 radical (unpaired) electrons. The quantitative estimate of drug-likeness (QED) is 0.669. The Morgan fingerprint density at radius 1 is 1.34 bits per heavy atom. The van der Waals surface area contributed by atoms with Gasteiger partial charge in [0.15, 0.2) is 5.13 Å². The molecule has 1 aromatic carbocycles. The summed E-state index contributed by atoms with van der Waals surface area (Å²) in [6.45, 7) is 2.17. The lowest BCUT2D eigenvalue weighted by molar-refractivity contribution is -0.129. The van der Waals surface area contributed by atoms with Crippen LogP contribution in [0, 0.1) is 12.8 Å². The van der Waals surface area contributed by atoms with Crippen LogP contribution in [0.1, 0.15) is 18.5 Å². The van der Waals surface area contributed by atoms with Gasteiger partial charge in [0, 0.05) is 24.0 Å². The van der Waals surface area contributed by atoms with Gasteiger partial charge in [-0.25, -0.2) is 4.98 Å². The molecule has 7 nitrogen and oxygen atoms in total. The summed E-state index contributed by atoms with van der Waals surface area (Å²) in [5.41, 5.74) is 1.61. The maximum absolute atomic E-state index is 12.8. The van der Waals surface area contributed by atoms with Gasteiger partial charge in [0.05, 0.1) is 11.6 Å². The van der Waals surface area contributed by atoms with Gasteiger partial charge in [-0.1, -0.05) is 18.2 Å². The van der Waals surface area contributed by atoms with Gasteiger partial charge in [0.2, 0.25) is 17.7 Å². The van der Waals surface area contributed by atoms with Crippen molar-refractivity contribution >= 4 is 51.6 Å². The number of carbonyl (C=O) groups is 3. The first kappa shape index (κ1) is 21.3. The van der Waals surface area contributed by atoms with E-state index in [1.165, 1.54) is 11.3 Å². The maximum atomic E-state index is 12.8. The van der Waals surface area contributed by atoms with Crippen molar-refractivity contribution in [1.82, 2.24) is 10.3 Å². The van der Waals surface area contributed by atoms with E-state index in [0.717, 1.165) is 17.1 Å². The minimum Gasteiger partial charge on any atom is -0.344 e. The fourth-order valence-electron chi connectivity index (χ4n) is 3.14. The molecule has 0 bridgehead atoms. The number of benzene rings is 1. The Balaban J connectivity index is 1.63. The maximum Gasteiger partial charge on any atom is 0.248 e. The van der Waals surface area contributed by atoms with Gasteiger partial charge < -0.3 is 15.5 Å². The number of thiazole rings is 1. The number of amides is 3. The molecule has 0 aliphatic carbocycles. The molecule has 2 atom stereocenters. The van der Waals surface area contributed by atoms with Crippen LogP contribution in [-0.4, -0.2) is 47.3 Å². The van der Waals surface area contributed by atoms with Gasteiger partial charge in [-0.3, -0.25) is 14.4 Å². The topological polar surface area (TPSA) is 91.4 Å². The van der Waals surface area contributed by atoms with Crippen molar-refractivity contribution in [2.45, 2.75) is 25.8 Å². The van der Waals surface area contributed by atoms with Gasteiger partial charge in [0.1, 0.15) is 6.04 Å². The number of nitrogens with one attached hydrogen (secondary N) is 2. The molecule has 3 rings (SSSR count). The molecule has 1 fully saturated rings. The van der Waals surface area contributed by atoms with E-state index in [9.17, 15) is 14.4 Å². The molecule has 1 aromatic heterocycles. The first-order valence-electron chi connectivity index (χ1n) is 9.35. The van der Waals surface area contributed by atoms with Crippen LogP contribution in [0.25, 0.3) is 0 Å². The van der Waals surface area contributed by atoms with E-state index < -0.39 is 12.0 Å². The van der Waals surface area contributed by atoms with Gasteiger partial charge in [-0.15, -0.1) is 11.3 Å². The second-order valence-corrected chi connectivity index (χ2v) is 8.71. The monoisotopic (exact) mass is 432 g/mol. The fourth-order valence-corrected chi connectivity index (χ4v) is 4.30. The Labute approximate surface area is 178 Å². The van der Waals surface area contributed by atoms with Crippen LogP contribution in [0.2, 0.25) is 0 Å². The van der Waals surface area contributed by atoms with Crippen LogP contribution >= 0.6 is 23.1 Å². The highest BCUT2D eigenvalue weighted by atomic mass is 32.2. The lowest BCUT2D eigenvalue weighted by Gasteiger charge is -2.20. The normalized spacial score (nSPS) is 17.2. The summed E-state index contributed by atoms with van der Waals surface area (Å²) >= 11 is 2.96. The minimum absolute atomic E-state index is 0.0836. The van der Waals surface area contributed by atoms with E-state index in [-0.39, 0.29) is 24.1 Å². The number of para-hydroxylation sites is 1. The second-order valence-electron chi connectivity index (χ2n) is 6.87. The average Bonchev–Trinajstić information content (AvgIpc) is 3.30.